The zero-order valence-electron chi connectivity index (χ0n) is 21.2. The largest absolute Gasteiger partial charge is 0.508 e. The second-order valence-corrected chi connectivity index (χ2v) is 9.24. The average molecular weight is 536 g/mol. The molecule has 38 heavy (non-hydrogen) atoms. The molecule has 210 valence electrons. The summed E-state index contributed by atoms with van der Waals surface area (Å²) in [7, 11) is 0. The van der Waals surface area contributed by atoms with Crippen molar-refractivity contribution in [3.63, 3.8) is 0 Å². The maximum absolute atomic E-state index is 13.2. The van der Waals surface area contributed by atoms with Crippen LogP contribution in [0.5, 0.6) is 5.75 Å². The second-order valence-electron chi connectivity index (χ2n) is 9.24. The number of amides is 3. The minimum atomic E-state index is -1.58. The Morgan fingerprint density at radius 2 is 1.82 bits per heavy atom. The van der Waals surface area contributed by atoms with Crippen LogP contribution < -0.4 is 27.8 Å². The lowest BCUT2D eigenvalue weighted by Gasteiger charge is -2.29. The van der Waals surface area contributed by atoms with Crippen molar-refractivity contribution in [2.75, 3.05) is 13.1 Å². The highest BCUT2D eigenvalue weighted by molar-refractivity contribution is 5.94. The number of carbonyl (C=O) groups is 4. The van der Waals surface area contributed by atoms with E-state index in [4.69, 9.17) is 17.2 Å². The minimum absolute atomic E-state index is 0.0710. The quantitative estimate of drug-likeness (QED) is 0.0765. The molecule has 5 atom stereocenters. The van der Waals surface area contributed by atoms with Gasteiger partial charge >= 0.3 is 5.97 Å². The number of hydrogen-bond acceptors (Lipinski definition) is 8. The number of nitrogens with two attached hydrogens (primary N) is 3. The normalized spacial score (nSPS) is 18.1. The number of aliphatic hydroxyl groups excluding tert-OH is 1. The second kappa shape index (κ2) is 14.1. The first-order valence-electron chi connectivity index (χ1n) is 12.3. The van der Waals surface area contributed by atoms with Crippen molar-refractivity contribution in [3.05, 3.63) is 29.8 Å². The Bertz CT molecular complexity index is 1010. The average Bonchev–Trinajstić information content (AvgIpc) is 3.34. The zero-order chi connectivity index (χ0) is 28.4. The number of guanidine groups is 1. The first kappa shape index (κ1) is 30.3. The van der Waals surface area contributed by atoms with Crippen LogP contribution in [0.4, 0.5) is 0 Å². The van der Waals surface area contributed by atoms with E-state index in [0.29, 0.717) is 19.4 Å². The number of hydrogen-bond donors (Lipinski definition) is 8. The number of carboxylic acids is 1. The van der Waals surface area contributed by atoms with E-state index >= 15 is 0 Å². The number of aliphatic carboxylic acids is 1. The highest BCUT2D eigenvalue weighted by Crippen LogP contribution is 2.20. The van der Waals surface area contributed by atoms with Crippen molar-refractivity contribution in [1.29, 1.82) is 0 Å². The Labute approximate surface area is 220 Å². The van der Waals surface area contributed by atoms with E-state index in [1.807, 2.05) is 0 Å². The number of phenolic OH excluding ortho intramolecular Hbond substituents is 1. The summed E-state index contributed by atoms with van der Waals surface area (Å²) in [6, 6.07) is 1.75. The van der Waals surface area contributed by atoms with Gasteiger partial charge in [0, 0.05) is 13.1 Å². The summed E-state index contributed by atoms with van der Waals surface area (Å²) in [5.74, 6) is -3.31. The lowest BCUT2D eigenvalue weighted by molar-refractivity contribution is -0.145. The first-order valence-corrected chi connectivity index (χ1v) is 12.3. The molecular weight excluding hydrogens is 498 g/mol. The topological polar surface area (TPSA) is 247 Å². The van der Waals surface area contributed by atoms with Crippen molar-refractivity contribution >= 4 is 29.7 Å². The maximum atomic E-state index is 13.2. The van der Waals surface area contributed by atoms with Gasteiger partial charge in [-0.2, -0.15) is 0 Å². The number of likely N-dealkylation sites (tertiary alicyclic amines) is 1. The SMILES string of the molecule is C[C@@H](O)[C@H](NC(=O)[C@H](CCCN=C(N)N)NC(=O)[C@@H]1CCCN1C(=O)[C@@H](N)Cc1ccc(O)cc1)C(=O)O. The molecule has 1 aliphatic heterocycles. The van der Waals surface area contributed by atoms with E-state index in [9.17, 15) is 34.5 Å². The van der Waals surface area contributed by atoms with Gasteiger partial charge in [0.15, 0.2) is 12.0 Å². The molecule has 0 aliphatic carbocycles. The Kier molecular flexibility index (Phi) is 11.3. The number of carboxylic acid groups (broad SMARTS) is 1. The number of nitrogens with one attached hydrogen (secondary N) is 2. The molecule has 1 aromatic carbocycles. The van der Waals surface area contributed by atoms with Gasteiger partial charge in [-0.15, -0.1) is 0 Å². The van der Waals surface area contributed by atoms with Crippen molar-refractivity contribution in [1.82, 2.24) is 15.5 Å². The number of rotatable bonds is 13. The highest BCUT2D eigenvalue weighted by atomic mass is 16.4. The van der Waals surface area contributed by atoms with Crippen LogP contribution in [-0.4, -0.2) is 93.2 Å². The van der Waals surface area contributed by atoms with Gasteiger partial charge in [-0.05, 0) is 56.7 Å². The number of phenols is 1. The lowest BCUT2D eigenvalue weighted by atomic mass is 10.0. The lowest BCUT2D eigenvalue weighted by Crippen LogP contribution is -2.58. The Hall–Kier alpha value is -3.91. The molecule has 2 rings (SSSR count). The molecule has 14 nitrogen and oxygen atoms in total. The Balaban J connectivity index is 2.11. The van der Waals surface area contributed by atoms with Crippen LogP contribution in [0, 0.1) is 0 Å². The van der Waals surface area contributed by atoms with Crippen LogP contribution in [-0.2, 0) is 25.6 Å². The predicted octanol–water partition coefficient (Wildman–Crippen LogP) is -2.26. The number of benzene rings is 1. The van der Waals surface area contributed by atoms with Gasteiger partial charge in [-0.25, -0.2) is 4.79 Å². The van der Waals surface area contributed by atoms with E-state index in [-0.39, 0.29) is 37.5 Å². The van der Waals surface area contributed by atoms with Crippen LogP contribution in [0.3, 0.4) is 0 Å². The van der Waals surface area contributed by atoms with Crippen molar-refractivity contribution < 1.29 is 34.5 Å². The van der Waals surface area contributed by atoms with Gasteiger partial charge in [-0.3, -0.25) is 19.4 Å². The number of aliphatic hydroxyl groups is 1. The third-order valence-corrected chi connectivity index (χ3v) is 6.17. The van der Waals surface area contributed by atoms with Gasteiger partial charge in [0.25, 0.3) is 0 Å². The third kappa shape index (κ3) is 8.88. The fourth-order valence-electron chi connectivity index (χ4n) is 4.17. The number of nitrogens with zero attached hydrogens (tertiary/aromatic N) is 2. The molecule has 1 aliphatic rings. The third-order valence-electron chi connectivity index (χ3n) is 6.17. The first-order chi connectivity index (χ1) is 17.9. The van der Waals surface area contributed by atoms with E-state index in [1.54, 1.807) is 12.1 Å². The maximum Gasteiger partial charge on any atom is 0.328 e. The Morgan fingerprint density at radius 1 is 1.16 bits per heavy atom. The standard InChI is InChI=1S/C24H37N7O7/c1-13(32)19(23(37)38)30-20(34)17(4-2-10-28-24(26)27)29-21(35)18-5-3-11-31(18)22(36)16(25)12-14-6-8-15(33)9-7-14/h6-9,13,16-19,32-33H,2-5,10-12,25H2,1H3,(H,29,35)(H,30,34)(H,37,38)(H4,26,27,28)/t13-,16+,17+,18+,19+/m1/s1. The molecule has 0 radical (unpaired) electrons. The van der Waals surface area contributed by atoms with Crippen molar-refractivity contribution in [3.8, 4) is 5.75 Å². The van der Waals surface area contributed by atoms with Crippen LogP contribution >= 0.6 is 0 Å². The monoisotopic (exact) mass is 535 g/mol. The minimum Gasteiger partial charge on any atom is -0.508 e. The summed E-state index contributed by atoms with van der Waals surface area (Å²) in [5, 5.41) is 33.3. The molecular formula is C24H37N7O7. The molecule has 1 saturated heterocycles. The smallest absolute Gasteiger partial charge is 0.328 e. The molecule has 3 amide bonds. The van der Waals surface area contributed by atoms with Crippen LogP contribution in [0.25, 0.3) is 0 Å². The van der Waals surface area contributed by atoms with E-state index in [2.05, 4.69) is 15.6 Å². The van der Waals surface area contributed by atoms with Crippen LogP contribution in [0.2, 0.25) is 0 Å². The van der Waals surface area contributed by atoms with Gasteiger partial charge in [0.1, 0.15) is 17.8 Å². The van der Waals surface area contributed by atoms with Gasteiger partial charge in [0.2, 0.25) is 17.7 Å². The highest BCUT2D eigenvalue weighted by Gasteiger charge is 2.38. The molecule has 14 heteroatoms. The summed E-state index contributed by atoms with van der Waals surface area (Å²) < 4.78 is 0. The molecule has 0 spiro atoms. The van der Waals surface area contributed by atoms with Crippen molar-refractivity contribution in [2.45, 2.75) is 69.3 Å². The zero-order valence-corrected chi connectivity index (χ0v) is 21.2. The van der Waals surface area contributed by atoms with Gasteiger partial charge < -0.3 is 48.1 Å². The van der Waals surface area contributed by atoms with E-state index < -0.39 is 54.0 Å². The molecule has 0 saturated carbocycles. The molecule has 0 bridgehead atoms. The number of aromatic hydroxyl groups is 1. The van der Waals surface area contributed by atoms with Crippen LogP contribution in [0.15, 0.2) is 29.3 Å². The molecule has 11 N–H and O–H groups in total. The van der Waals surface area contributed by atoms with Gasteiger partial charge in [-0.1, -0.05) is 12.1 Å². The summed E-state index contributed by atoms with van der Waals surface area (Å²) in [5.41, 5.74) is 17.5. The fraction of sp³-hybridized carbons (Fsp3) is 0.542. The molecule has 1 fully saturated rings. The summed E-state index contributed by atoms with van der Waals surface area (Å²) in [6.07, 6.45) is 0.0924. The molecule has 1 heterocycles. The number of carbonyl (C=O) groups excluding carboxylic acids is 3. The van der Waals surface area contributed by atoms with E-state index in [0.717, 1.165) is 5.56 Å². The summed E-state index contributed by atoms with van der Waals surface area (Å²) in [4.78, 5) is 55.8. The van der Waals surface area contributed by atoms with Gasteiger partial charge in [0.05, 0.1) is 12.1 Å². The summed E-state index contributed by atoms with van der Waals surface area (Å²) in [6.45, 7) is 1.69. The molecule has 1 aromatic rings. The number of aliphatic imine (C=N–C) groups is 1. The Morgan fingerprint density at radius 3 is 2.39 bits per heavy atom. The van der Waals surface area contributed by atoms with Crippen molar-refractivity contribution in [2.24, 2.45) is 22.2 Å². The summed E-state index contributed by atoms with van der Waals surface area (Å²) >= 11 is 0. The van der Waals surface area contributed by atoms with E-state index in [1.165, 1.54) is 24.0 Å². The fourth-order valence-corrected chi connectivity index (χ4v) is 4.17. The predicted molar refractivity (Wildman–Crippen MR) is 138 cm³/mol. The molecule has 0 unspecified atom stereocenters. The van der Waals surface area contributed by atoms with Crippen LogP contribution in [0.1, 0.15) is 38.2 Å². The molecule has 0 aromatic heterocycles.